The van der Waals surface area contributed by atoms with E-state index in [1.807, 2.05) is 42.5 Å². The molecule has 0 amide bonds. The standard InChI is InChI=1S/C27H25BrO5/c1-31-24-14-17(10-13-21(24)32-15-16-8-11-18(28)12-9-16)25-26-19(29)4-2-6-22(26)33-23-7-3-5-20(30)27(23)25/h8-14,25H,2-7,15H2,1H3. The van der Waals surface area contributed by atoms with E-state index in [0.29, 0.717) is 42.1 Å². The van der Waals surface area contributed by atoms with Crippen molar-refractivity contribution in [1.29, 1.82) is 0 Å². The van der Waals surface area contributed by atoms with Crippen molar-refractivity contribution in [2.75, 3.05) is 7.11 Å². The third-order valence-electron chi connectivity index (χ3n) is 6.47. The lowest BCUT2D eigenvalue weighted by molar-refractivity contribution is -0.117. The number of ether oxygens (including phenoxy) is 3. The number of methoxy groups -OCH3 is 1. The van der Waals surface area contributed by atoms with Crippen molar-refractivity contribution in [1.82, 2.24) is 0 Å². The molecule has 0 unspecified atom stereocenters. The van der Waals surface area contributed by atoms with Crippen LogP contribution in [0.3, 0.4) is 0 Å². The number of hydrogen-bond acceptors (Lipinski definition) is 5. The molecule has 0 saturated heterocycles. The number of benzene rings is 2. The maximum Gasteiger partial charge on any atom is 0.163 e. The van der Waals surface area contributed by atoms with E-state index >= 15 is 0 Å². The van der Waals surface area contributed by atoms with Gasteiger partial charge in [-0.3, -0.25) is 9.59 Å². The molecule has 2 aromatic carbocycles. The average Bonchev–Trinajstić information content (AvgIpc) is 2.83. The van der Waals surface area contributed by atoms with E-state index < -0.39 is 5.92 Å². The van der Waals surface area contributed by atoms with Crippen molar-refractivity contribution in [3.8, 4) is 11.5 Å². The molecule has 170 valence electrons. The number of ketones is 2. The molecule has 0 N–H and O–H groups in total. The van der Waals surface area contributed by atoms with Gasteiger partial charge in [-0.1, -0.05) is 34.1 Å². The van der Waals surface area contributed by atoms with Crippen molar-refractivity contribution < 1.29 is 23.8 Å². The second-order valence-electron chi connectivity index (χ2n) is 8.59. The summed E-state index contributed by atoms with van der Waals surface area (Å²) in [6, 6.07) is 13.6. The first-order chi connectivity index (χ1) is 16.0. The summed E-state index contributed by atoms with van der Waals surface area (Å²) in [5, 5.41) is 0. The Kier molecular flexibility index (Phi) is 6.11. The molecular weight excluding hydrogens is 484 g/mol. The van der Waals surface area contributed by atoms with Crippen LogP contribution in [0.25, 0.3) is 0 Å². The van der Waals surface area contributed by atoms with Gasteiger partial charge in [-0.15, -0.1) is 0 Å². The van der Waals surface area contributed by atoms with Gasteiger partial charge in [0, 0.05) is 47.2 Å². The Morgan fingerprint density at radius 1 is 0.879 bits per heavy atom. The van der Waals surface area contributed by atoms with Crippen LogP contribution in [0, 0.1) is 0 Å². The predicted molar refractivity (Wildman–Crippen MR) is 127 cm³/mol. The summed E-state index contributed by atoms with van der Waals surface area (Å²) in [6.07, 6.45) is 4.00. The Bertz CT molecular complexity index is 1130. The minimum Gasteiger partial charge on any atom is -0.493 e. The van der Waals surface area contributed by atoms with Crippen LogP contribution in [0.4, 0.5) is 0 Å². The maximum atomic E-state index is 13.0. The van der Waals surface area contributed by atoms with Crippen LogP contribution in [0.1, 0.15) is 55.6 Å². The molecule has 0 radical (unpaired) electrons. The van der Waals surface area contributed by atoms with Gasteiger partial charge in [-0.05, 0) is 48.2 Å². The minimum atomic E-state index is -0.404. The van der Waals surface area contributed by atoms with Crippen molar-refractivity contribution in [3.63, 3.8) is 0 Å². The van der Waals surface area contributed by atoms with E-state index in [0.717, 1.165) is 52.8 Å². The summed E-state index contributed by atoms with van der Waals surface area (Å²) in [6.45, 7) is 0.405. The second-order valence-corrected chi connectivity index (χ2v) is 9.50. The molecule has 2 aliphatic carbocycles. The van der Waals surface area contributed by atoms with Gasteiger partial charge in [0.1, 0.15) is 18.1 Å². The highest BCUT2D eigenvalue weighted by Crippen LogP contribution is 2.48. The van der Waals surface area contributed by atoms with Crippen molar-refractivity contribution in [2.24, 2.45) is 0 Å². The van der Waals surface area contributed by atoms with Crippen LogP contribution in [0.5, 0.6) is 11.5 Å². The molecule has 5 rings (SSSR count). The number of halogens is 1. The Balaban J connectivity index is 1.50. The van der Waals surface area contributed by atoms with Gasteiger partial charge in [0.05, 0.1) is 7.11 Å². The number of carbonyl (C=O) groups is 2. The molecule has 2 aromatic rings. The molecule has 1 heterocycles. The molecule has 6 heteroatoms. The highest BCUT2D eigenvalue weighted by Gasteiger charge is 2.41. The fourth-order valence-corrected chi connectivity index (χ4v) is 5.14. The third kappa shape index (κ3) is 4.24. The fraction of sp³-hybridized carbons (Fsp3) is 0.333. The van der Waals surface area contributed by atoms with Crippen LogP contribution in [0.15, 0.2) is 69.6 Å². The zero-order chi connectivity index (χ0) is 22.9. The molecule has 3 aliphatic rings. The number of Topliss-reactive ketones (excluding diaryl/α,β-unsaturated/α-hetero) is 2. The predicted octanol–water partition coefficient (Wildman–Crippen LogP) is 6.16. The summed E-state index contributed by atoms with van der Waals surface area (Å²) < 4.78 is 18.8. The number of hydrogen-bond donors (Lipinski definition) is 0. The van der Waals surface area contributed by atoms with E-state index in [9.17, 15) is 9.59 Å². The Labute approximate surface area is 201 Å². The highest BCUT2D eigenvalue weighted by molar-refractivity contribution is 9.10. The monoisotopic (exact) mass is 508 g/mol. The lowest BCUT2D eigenvalue weighted by Crippen LogP contribution is -2.30. The fourth-order valence-electron chi connectivity index (χ4n) is 4.88. The third-order valence-corrected chi connectivity index (χ3v) is 7.00. The topological polar surface area (TPSA) is 61.8 Å². The molecule has 0 saturated carbocycles. The first-order valence-corrected chi connectivity index (χ1v) is 12.1. The number of allylic oxidation sites excluding steroid dienone is 4. The van der Waals surface area contributed by atoms with E-state index in [2.05, 4.69) is 15.9 Å². The highest BCUT2D eigenvalue weighted by atomic mass is 79.9. The van der Waals surface area contributed by atoms with Gasteiger partial charge in [-0.2, -0.15) is 0 Å². The van der Waals surface area contributed by atoms with E-state index in [4.69, 9.17) is 14.2 Å². The lowest BCUT2D eigenvalue weighted by atomic mass is 9.73. The SMILES string of the molecule is COc1cc(C2C3=C(CCCC3=O)OC3=C2C(=O)CCC3)ccc1OCc1ccc(Br)cc1. The normalized spacial score (nSPS) is 18.6. The lowest BCUT2D eigenvalue weighted by Gasteiger charge is -2.36. The first-order valence-electron chi connectivity index (χ1n) is 11.3. The number of carbonyl (C=O) groups excluding carboxylic acids is 2. The largest absolute Gasteiger partial charge is 0.493 e. The summed E-state index contributed by atoms with van der Waals surface area (Å²) >= 11 is 3.44. The van der Waals surface area contributed by atoms with Gasteiger partial charge in [-0.25, -0.2) is 0 Å². The summed E-state index contributed by atoms with van der Waals surface area (Å²) in [4.78, 5) is 25.9. The molecule has 33 heavy (non-hydrogen) atoms. The molecular formula is C27H25BrO5. The Hall–Kier alpha value is -2.86. The van der Waals surface area contributed by atoms with Crippen molar-refractivity contribution in [2.45, 2.75) is 51.0 Å². The minimum absolute atomic E-state index is 0.0701. The summed E-state index contributed by atoms with van der Waals surface area (Å²) in [5.74, 6) is 2.40. The van der Waals surface area contributed by atoms with E-state index in [1.165, 1.54) is 0 Å². The average molecular weight is 509 g/mol. The number of rotatable bonds is 5. The second kappa shape index (κ2) is 9.18. The van der Waals surface area contributed by atoms with Crippen LogP contribution in [-0.4, -0.2) is 18.7 Å². The smallest absolute Gasteiger partial charge is 0.163 e. The molecule has 5 nitrogen and oxygen atoms in total. The summed E-state index contributed by atoms with van der Waals surface area (Å²) in [5.41, 5.74) is 3.18. The Morgan fingerprint density at radius 3 is 2.12 bits per heavy atom. The zero-order valence-electron chi connectivity index (χ0n) is 18.5. The van der Waals surface area contributed by atoms with Gasteiger partial charge in [0.2, 0.25) is 0 Å². The first kappa shape index (κ1) is 22.0. The zero-order valence-corrected chi connectivity index (χ0v) is 20.1. The molecule has 0 atom stereocenters. The van der Waals surface area contributed by atoms with Crippen molar-refractivity contribution in [3.05, 3.63) is 80.7 Å². The van der Waals surface area contributed by atoms with E-state index in [1.54, 1.807) is 7.11 Å². The Morgan fingerprint density at radius 2 is 1.52 bits per heavy atom. The molecule has 0 aromatic heterocycles. The molecule has 0 bridgehead atoms. The van der Waals surface area contributed by atoms with Crippen LogP contribution < -0.4 is 9.47 Å². The molecule has 0 fully saturated rings. The van der Waals surface area contributed by atoms with Crippen LogP contribution >= 0.6 is 15.9 Å². The van der Waals surface area contributed by atoms with Crippen LogP contribution in [0.2, 0.25) is 0 Å². The van der Waals surface area contributed by atoms with Gasteiger partial charge >= 0.3 is 0 Å². The van der Waals surface area contributed by atoms with Gasteiger partial charge in [0.25, 0.3) is 0 Å². The van der Waals surface area contributed by atoms with Crippen LogP contribution in [-0.2, 0) is 20.9 Å². The van der Waals surface area contributed by atoms with Gasteiger partial charge in [0.15, 0.2) is 23.1 Å². The molecule has 1 aliphatic heterocycles. The summed E-state index contributed by atoms with van der Waals surface area (Å²) in [7, 11) is 1.60. The van der Waals surface area contributed by atoms with Gasteiger partial charge < -0.3 is 14.2 Å². The quantitative estimate of drug-likeness (QED) is 0.483. The maximum absolute atomic E-state index is 13.0. The van der Waals surface area contributed by atoms with E-state index in [-0.39, 0.29) is 11.6 Å². The molecule has 0 spiro atoms. The van der Waals surface area contributed by atoms with Crippen molar-refractivity contribution >= 4 is 27.5 Å².